The van der Waals surface area contributed by atoms with Crippen LogP contribution in [0.5, 0.6) is 0 Å². The Morgan fingerprint density at radius 2 is 2.00 bits per heavy atom. The third-order valence-corrected chi connectivity index (χ3v) is 3.56. The van der Waals surface area contributed by atoms with Crippen molar-refractivity contribution in [2.75, 3.05) is 6.54 Å². The third-order valence-electron chi connectivity index (χ3n) is 3.56. The van der Waals surface area contributed by atoms with E-state index in [9.17, 15) is 18.0 Å². The molecule has 2 unspecified atom stereocenters. The number of hydrogen-bond donors (Lipinski definition) is 2. The summed E-state index contributed by atoms with van der Waals surface area (Å²) >= 11 is 0. The molecule has 1 heterocycles. The molecule has 2 atom stereocenters. The number of rotatable bonds is 2. The standard InChI is InChI=1S/C14H17F3N2O.ClH/c1-9-12(7-4-8-18-9)19-13(20)10-5-2-3-6-11(10)14(15,16)17;/h2-3,5-6,9,12,18H,4,7-8H2,1H3,(H,19,20);1H. The summed E-state index contributed by atoms with van der Waals surface area (Å²) in [5.74, 6) is -0.668. The van der Waals surface area contributed by atoms with Crippen molar-refractivity contribution < 1.29 is 18.0 Å². The number of amides is 1. The number of hydrogen-bond acceptors (Lipinski definition) is 2. The molecular formula is C14H18ClF3N2O. The summed E-state index contributed by atoms with van der Waals surface area (Å²) in [5.41, 5.74) is -1.22. The van der Waals surface area contributed by atoms with Crippen LogP contribution in [-0.2, 0) is 6.18 Å². The van der Waals surface area contributed by atoms with Crippen molar-refractivity contribution in [1.29, 1.82) is 0 Å². The van der Waals surface area contributed by atoms with E-state index in [1.165, 1.54) is 18.2 Å². The molecule has 0 spiro atoms. The molecule has 2 rings (SSSR count). The highest BCUT2D eigenvalue weighted by Crippen LogP contribution is 2.31. The predicted molar refractivity (Wildman–Crippen MR) is 76.6 cm³/mol. The Morgan fingerprint density at radius 1 is 1.33 bits per heavy atom. The van der Waals surface area contributed by atoms with Gasteiger partial charge in [0.2, 0.25) is 0 Å². The molecule has 21 heavy (non-hydrogen) atoms. The molecular weight excluding hydrogens is 305 g/mol. The molecule has 0 radical (unpaired) electrons. The molecule has 1 aliphatic heterocycles. The molecule has 0 aromatic heterocycles. The van der Waals surface area contributed by atoms with E-state index in [1.807, 2.05) is 6.92 Å². The fourth-order valence-corrected chi connectivity index (χ4v) is 2.42. The number of carbonyl (C=O) groups is 1. The molecule has 3 nitrogen and oxygen atoms in total. The summed E-state index contributed by atoms with van der Waals surface area (Å²) in [6, 6.07) is 4.77. The highest BCUT2D eigenvalue weighted by Gasteiger charge is 2.35. The van der Waals surface area contributed by atoms with E-state index in [2.05, 4.69) is 10.6 Å². The fourth-order valence-electron chi connectivity index (χ4n) is 2.42. The van der Waals surface area contributed by atoms with Crippen LogP contribution in [-0.4, -0.2) is 24.5 Å². The van der Waals surface area contributed by atoms with Gasteiger partial charge in [0.25, 0.3) is 5.91 Å². The van der Waals surface area contributed by atoms with Gasteiger partial charge in [-0.2, -0.15) is 13.2 Å². The van der Waals surface area contributed by atoms with Crippen LogP contribution in [0.25, 0.3) is 0 Å². The van der Waals surface area contributed by atoms with Crippen LogP contribution in [0.1, 0.15) is 35.7 Å². The van der Waals surface area contributed by atoms with Gasteiger partial charge in [-0.1, -0.05) is 12.1 Å². The monoisotopic (exact) mass is 322 g/mol. The van der Waals surface area contributed by atoms with Gasteiger partial charge < -0.3 is 10.6 Å². The minimum Gasteiger partial charge on any atom is -0.348 e. The van der Waals surface area contributed by atoms with Crippen LogP contribution in [0, 0.1) is 0 Å². The Hall–Kier alpha value is -1.27. The van der Waals surface area contributed by atoms with Crippen LogP contribution >= 0.6 is 12.4 Å². The van der Waals surface area contributed by atoms with E-state index in [0.29, 0.717) is 0 Å². The van der Waals surface area contributed by atoms with Crippen molar-refractivity contribution in [3.63, 3.8) is 0 Å². The van der Waals surface area contributed by atoms with Crippen molar-refractivity contribution in [3.8, 4) is 0 Å². The van der Waals surface area contributed by atoms with Crippen molar-refractivity contribution >= 4 is 18.3 Å². The van der Waals surface area contributed by atoms with Crippen molar-refractivity contribution in [2.24, 2.45) is 0 Å². The highest BCUT2D eigenvalue weighted by molar-refractivity contribution is 5.96. The second kappa shape index (κ2) is 7.13. The molecule has 0 aliphatic carbocycles. The minimum absolute atomic E-state index is 0. The van der Waals surface area contributed by atoms with Gasteiger partial charge in [-0.05, 0) is 38.4 Å². The molecule has 0 bridgehead atoms. The summed E-state index contributed by atoms with van der Waals surface area (Å²) in [7, 11) is 0. The van der Waals surface area contributed by atoms with E-state index in [0.717, 1.165) is 25.5 Å². The van der Waals surface area contributed by atoms with Gasteiger partial charge in [0, 0.05) is 12.1 Å². The van der Waals surface area contributed by atoms with Crippen LogP contribution in [0.15, 0.2) is 24.3 Å². The van der Waals surface area contributed by atoms with Gasteiger partial charge in [-0.15, -0.1) is 12.4 Å². The van der Waals surface area contributed by atoms with Crippen molar-refractivity contribution in [2.45, 2.75) is 38.0 Å². The Kier molecular flexibility index (Phi) is 6.04. The Balaban J connectivity index is 0.00000220. The van der Waals surface area contributed by atoms with E-state index >= 15 is 0 Å². The van der Waals surface area contributed by atoms with Crippen LogP contribution < -0.4 is 10.6 Å². The van der Waals surface area contributed by atoms with Gasteiger partial charge in [0.15, 0.2) is 0 Å². The molecule has 1 saturated heterocycles. The molecule has 1 aliphatic rings. The first-order valence-corrected chi connectivity index (χ1v) is 6.60. The molecule has 1 fully saturated rings. The fraction of sp³-hybridized carbons (Fsp3) is 0.500. The third kappa shape index (κ3) is 4.35. The average Bonchev–Trinajstić information content (AvgIpc) is 2.40. The molecule has 7 heteroatoms. The van der Waals surface area contributed by atoms with E-state index in [-0.39, 0.29) is 30.1 Å². The smallest absolute Gasteiger partial charge is 0.348 e. The van der Waals surface area contributed by atoms with Gasteiger partial charge >= 0.3 is 6.18 Å². The van der Waals surface area contributed by atoms with E-state index in [1.54, 1.807) is 0 Å². The lowest BCUT2D eigenvalue weighted by Crippen LogP contribution is -2.52. The normalized spacial score (nSPS) is 22.3. The van der Waals surface area contributed by atoms with Gasteiger partial charge in [-0.25, -0.2) is 0 Å². The first kappa shape index (κ1) is 17.8. The second-order valence-corrected chi connectivity index (χ2v) is 5.01. The van der Waals surface area contributed by atoms with Gasteiger partial charge in [0.1, 0.15) is 0 Å². The first-order valence-electron chi connectivity index (χ1n) is 6.60. The minimum atomic E-state index is -4.52. The zero-order valence-electron chi connectivity index (χ0n) is 11.5. The number of carbonyl (C=O) groups excluding carboxylic acids is 1. The summed E-state index contributed by atoms with van der Waals surface area (Å²) in [4.78, 5) is 12.1. The molecule has 1 aromatic carbocycles. The van der Waals surface area contributed by atoms with E-state index < -0.39 is 17.6 Å². The Labute approximate surface area is 127 Å². The van der Waals surface area contributed by atoms with Gasteiger partial charge in [-0.3, -0.25) is 4.79 Å². The first-order chi connectivity index (χ1) is 9.39. The predicted octanol–water partition coefficient (Wildman–Crippen LogP) is 3.00. The van der Waals surface area contributed by atoms with Crippen LogP contribution in [0.3, 0.4) is 0 Å². The number of alkyl halides is 3. The van der Waals surface area contributed by atoms with Crippen molar-refractivity contribution in [3.05, 3.63) is 35.4 Å². The number of halogens is 4. The zero-order valence-corrected chi connectivity index (χ0v) is 12.4. The zero-order chi connectivity index (χ0) is 14.8. The van der Waals surface area contributed by atoms with E-state index in [4.69, 9.17) is 0 Å². The Morgan fingerprint density at radius 3 is 2.62 bits per heavy atom. The summed E-state index contributed by atoms with van der Waals surface area (Å²) in [6.45, 7) is 2.78. The quantitative estimate of drug-likeness (QED) is 0.879. The molecule has 1 aromatic rings. The maximum absolute atomic E-state index is 12.9. The lowest BCUT2D eigenvalue weighted by molar-refractivity contribution is -0.137. The largest absolute Gasteiger partial charge is 0.417 e. The van der Waals surface area contributed by atoms with Crippen molar-refractivity contribution in [1.82, 2.24) is 10.6 Å². The highest BCUT2D eigenvalue weighted by atomic mass is 35.5. The summed E-state index contributed by atoms with van der Waals surface area (Å²) in [5, 5.41) is 5.89. The number of piperidine rings is 1. The lowest BCUT2D eigenvalue weighted by Gasteiger charge is -2.30. The topological polar surface area (TPSA) is 41.1 Å². The maximum atomic E-state index is 12.9. The lowest BCUT2D eigenvalue weighted by atomic mass is 9.98. The molecule has 2 N–H and O–H groups in total. The number of nitrogens with one attached hydrogen (secondary N) is 2. The average molecular weight is 323 g/mol. The van der Waals surface area contributed by atoms with Crippen LogP contribution in [0.2, 0.25) is 0 Å². The number of benzene rings is 1. The van der Waals surface area contributed by atoms with Crippen LogP contribution in [0.4, 0.5) is 13.2 Å². The second-order valence-electron chi connectivity index (χ2n) is 5.01. The SMILES string of the molecule is CC1NCCCC1NC(=O)c1ccccc1C(F)(F)F.Cl. The molecule has 118 valence electrons. The summed E-state index contributed by atoms with van der Waals surface area (Å²) in [6.07, 6.45) is -2.85. The van der Waals surface area contributed by atoms with Gasteiger partial charge in [0.05, 0.1) is 11.1 Å². The molecule has 0 saturated carbocycles. The Bertz CT molecular complexity index is 493. The molecule has 1 amide bonds. The maximum Gasteiger partial charge on any atom is 0.417 e. The summed E-state index contributed by atoms with van der Waals surface area (Å²) < 4.78 is 38.6.